The lowest BCUT2D eigenvalue weighted by molar-refractivity contribution is 0.0696. The van der Waals surface area contributed by atoms with Crippen LogP contribution in [0, 0.1) is 12.8 Å². The van der Waals surface area contributed by atoms with Crippen LogP contribution in [0.2, 0.25) is 0 Å². The van der Waals surface area contributed by atoms with E-state index in [-0.39, 0.29) is 6.10 Å². The van der Waals surface area contributed by atoms with Gasteiger partial charge in [-0.1, -0.05) is 19.8 Å². The van der Waals surface area contributed by atoms with Crippen LogP contribution in [0.5, 0.6) is 5.75 Å². The van der Waals surface area contributed by atoms with Crippen molar-refractivity contribution in [1.29, 1.82) is 0 Å². The molecule has 2 unspecified atom stereocenters. The van der Waals surface area contributed by atoms with Gasteiger partial charge >= 0.3 is 5.97 Å². The summed E-state index contributed by atoms with van der Waals surface area (Å²) in [5, 5.41) is 8.95. The Bertz CT molecular complexity index is 453. The molecule has 1 aromatic carbocycles. The maximum Gasteiger partial charge on any atom is 0.335 e. The van der Waals surface area contributed by atoms with Crippen molar-refractivity contribution >= 4 is 5.97 Å². The van der Waals surface area contributed by atoms with Gasteiger partial charge in [-0.25, -0.2) is 4.79 Å². The second kappa shape index (κ2) is 6.09. The summed E-state index contributed by atoms with van der Waals surface area (Å²) >= 11 is 0. The van der Waals surface area contributed by atoms with Crippen molar-refractivity contribution in [3.05, 3.63) is 29.3 Å². The van der Waals surface area contributed by atoms with Crippen LogP contribution in [-0.2, 0) is 0 Å². The van der Waals surface area contributed by atoms with Crippen LogP contribution in [0.3, 0.4) is 0 Å². The first-order valence-electron chi connectivity index (χ1n) is 7.10. The Morgan fingerprint density at radius 1 is 1.42 bits per heavy atom. The van der Waals surface area contributed by atoms with Gasteiger partial charge in [-0.3, -0.25) is 0 Å². The van der Waals surface area contributed by atoms with Crippen LogP contribution in [0.1, 0.15) is 54.9 Å². The van der Waals surface area contributed by atoms with Gasteiger partial charge in [-0.2, -0.15) is 0 Å². The van der Waals surface area contributed by atoms with E-state index < -0.39 is 5.97 Å². The van der Waals surface area contributed by atoms with E-state index in [0.29, 0.717) is 5.56 Å². The Kier molecular flexibility index (Phi) is 4.46. The monoisotopic (exact) mass is 262 g/mol. The number of hydrogen-bond donors (Lipinski definition) is 1. The fourth-order valence-corrected chi connectivity index (χ4v) is 2.81. The highest BCUT2D eigenvalue weighted by atomic mass is 16.5. The maximum atomic E-state index is 10.9. The van der Waals surface area contributed by atoms with Crippen molar-refractivity contribution in [2.75, 3.05) is 0 Å². The minimum Gasteiger partial charge on any atom is -0.490 e. The third-order valence-electron chi connectivity index (χ3n) is 4.03. The molecule has 1 aromatic rings. The van der Waals surface area contributed by atoms with Gasteiger partial charge < -0.3 is 9.84 Å². The molecule has 0 saturated heterocycles. The van der Waals surface area contributed by atoms with Crippen molar-refractivity contribution in [3.63, 3.8) is 0 Å². The number of ether oxygens (including phenoxy) is 1. The number of aromatic carboxylic acids is 1. The average Bonchev–Trinajstić information content (AvgIpc) is 2.41. The topological polar surface area (TPSA) is 46.5 Å². The molecule has 0 amide bonds. The van der Waals surface area contributed by atoms with Crippen molar-refractivity contribution in [2.24, 2.45) is 5.92 Å². The normalized spacial score (nSPS) is 23.1. The van der Waals surface area contributed by atoms with Gasteiger partial charge in [0.2, 0.25) is 0 Å². The molecule has 0 radical (unpaired) electrons. The summed E-state index contributed by atoms with van der Waals surface area (Å²) in [5.41, 5.74) is 1.22. The molecule has 3 heteroatoms. The van der Waals surface area contributed by atoms with E-state index in [1.807, 2.05) is 6.92 Å². The van der Waals surface area contributed by atoms with E-state index in [4.69, 9.17) is 9.84 Å². The predicted molar refractivity (Wildman–Crippen MR) is 74.8 cm³/mol. The quantitative estimate of drug-likeness (QED) is 0.890. The van der Waals surface area contributed by atoms with Crippen LogP contribution in [0.15, 0.2) is 18.2 Å². The van der Waals surface area contributed by atoms with Gasteiger partial charge in [0.25, 0.3) is 0 Å². The smallest absolute Gasteiger partial charge is 0.335 e. The Labute approximate surface area is 114 Å². The summed E-state index contributed by atoms with van der Waals surface area (Å²) in [5.74, 6) is 0.711. The number of carboxylic acids is 1. The molecule has 0 aromatic heterocycles. The lowest BCUT2D eigenvalue weighted by atomic mass is 9.85. The molecule has 1 aliphatic carbocycles. The second-order valence-corrected chi connectivity index (χ2v) is 5.47. The number of benzene rings is 1. The second-order valence-electron chi connectivity index (χ2n) is 5.47. The fraction of sp³-hybridized carbons (Fsp3) is 0.562. The minimum absolute atomic E-state index is 0.285. The van der Waals surface area contributed by atoms with Crippen LogP contribution >= 0.6 is 0 Å². The summed E-state index contributed by atoms with van der Waals surface area (Å²) in [6.45, 7) is 4.14. The van der Waals surface area contributed by atoms with Crippen molar-refractivity contribution in [1.82, 2.24) is 0 Å². The average molecular weight is 262 g/mol. The predicted octanol–water partition coefficient (Wildman–Crippen LogP) is 4.04. The standard InChI is InChI=1S/C16H22O3/c1-3-12-5-4-6-14(10-12)19-15-8-7-13(16(17)18)9-11(15)2/h7-9,12,14H,3-6,10H2,1-2H3,(H,17,18). The van der Waals surface area contributed by atoms with Crippen molar-refractivity contribution in [3.8, 4) is 5.75 Å². The van der Waals surface area contributed by atoms with Crippen LogP contribution in [0.25, 0.3) is 0 Å². The zero-order valence-electron chi connectivity index (χ0n) is 11.7. The van der Waals surface area contributed by atoms with Crippen molar-refractivity contribution < 1.29 is 14.6 Å². The zero-order valence-corrected chi connectivity index (χ0v) is 11.7. The van der Waals surface area contributed by atoms with Gasteiger partial charge in [0.1, 0.15) is 5.75 Å². The van der Waals surface area contributed by atoms with Gasteiger partial charge in [-0.15, -0.1) is 0 Å². The Hall–Kier alpha value is -1.51. The molecule has 3 nitrogen and oxygen atoms in total. The molecular formula is C16H22O3. The number of carbonyl (C=O) groups is 1. The number of aryl methyl sites for hydroxylation is 1. The van der Waals surface area contributed by atoms with Gasteiger partial charge in [0, 0.05) is 0 Å². The van der Waals surface area contributed by atoms with Crippen molar-refractivity contribution in [2.45, 2.75) is 52.1 Å². The summed E-state index contributed by atoms with van der Waals surface area (Å²) < 4.78 is 6.06. The maximum absolute atomic E-state index is 10.9. The largest absolute Gasteiger partial charge is 0.490 e. The molecule has 0 heterocycles. The third-order valence-corrected chi connectivity index (χ3v) is 4.03. The molecule has 0 bridgehead atoms. The molecule has 2 rings (SSSR count). The first-order chi connectivity index (χ1) is 9.10. The molecule has 19 heavy (non-hydrogen) atoms. The third kappa shape index (κ3) is 3.49. The molecule has 2 atom stereocenters. The highest BCUT2D eigenvalue weighted by Gasteiger charge is 2.22. The van der Waals surface area contributed by atoms with E-state index in [2.05, 4.69) is 6.92 Å². The highest BCUT2D eigenvalue weighted by molar-refractivity contribution is 5.88. The van der Waals surface area contributed by atoms with Gasteiger partial charge in [0.05, 0.1) is 11.7 Å². The zero-order chi connectivity index (χ0) is 13.8. The van der Waals surface area contributed by atoms with E-state index in [1.54, 1.807) is 18.2 Å². The molecule has 104 valence electrons. The molecule has 1 aliphatic rings. The molecule has 1 saturated carbocycles. The SMILES string of the molecule is CCC1CCCC(Oc2ccc(C(=O)O)cc2C)C1. The molecule has 1 fully saturated rings. The van der Waals surface area contributed by atoms with Gasteiger partial charge in [0.15, 0.2) is 0 Å². The summed E-state index contributed by atoms with van der Waals surface area (Å²) in [6, 6.07) is 5.08. The number of hydrogen-bond acceptors (Lipinski definition) is 2. The van der Waals surface area contributed by atoms with E-state index in [9.17, 15) is 4.79 Å². The van der Waals surface area contributed by atoms with E-state index >= 15 is 0 Å². The van der Waals surface area contributed by atoms with E-state index in [0.717, 1.165) is 30.1 Å². The number of carboxylic acid groups (broad SMARTS) is 1. The summed E-state index contributed by atoms with van der Waals surface area (Å²) in [7, 11) is 0. The first kappa shape index (κ1) is 13.9. The molecule has 1 N–H and O–H groups in total. The lowest BCUT2D eigenvalue weighted by Crippen LogP contribution is -2.25. The summed E-state index contributed by atoms with van der Waals surface area (Å²) in [4.78, 5) is 10.9. The number of rotatable bonds is 4. The first-order valence-corrected chi connectivity index (χ1v) is 7.10. The molecule has 0 spiro atoms. The van der Waals surface area contributed by atoms with Crippen LogP contribution < -0.4 is 4.74 Å². The van der Waals surface area contributed by atoms with Crippen LogP contribution in [-0.4, -0.2) is 17.2 Å². The van der Waals surface area contributed by atoms with Gasteiger partial charge in [-0.05, 0) is 55.9 Å². The Morgan fingerprint density at radius 2 is 2.21 bits per heavy atom. The fourth-order valence-electron chi connectivity index (χ4n) is 2.81. The van der Waals surface area contributed by atoms with Crippen LogP contribution in [0.4, 0.5) is 0 Å². The molecule has 0 aliphatic heterocycles. The highest BCUT2D eigenvalue weighted by Crippen LogP contribution is 2.30. The Balaban J connectivity index is 2.04. The Morgan fingerprint density at radius 3 is 2.84 bits per heavy atom. The molecular weight excluding hydrogens is 240 g/mol. The summed E-state index contributed by atoms with van der Waals surface area (Å²) in [6.07, 6.45) is 6.28. The minimum atomic E-state index is -0.890. The lowest BCUT2D eigenvalue weighted by Gasteiger charge is -2.29. The van der Waals surface area contributed by atoms with E-state index in [1.165, 1.54) is 19.3 Å².